The molecule has 108 valence electrons. The second-order valence-corrected chi connectivity index (χ2v) is 5.81. The van der Waals surface area contributed by atoms with Crippen LogP contribution in [-0.2, 0) is 0 Å². The Morgan fingerprint density at radius 3 is 2.80 bits per heavy atom. The first-order chi connectivity index (χ1) is 9.70. The van der Waals surface area contributed by atoms with E-state index in [4.69, 9.17) is 0 Å². The van der Waals surface area contributed by atoms with Crippen molar-refractivity contribution in [3.8, 4) is 0 Å². The number of anilines is 1. The van der Waals surface area contributed by atoms with E-state index in [0.717, 1.165) is 37.9 Å². The maximum atomic E-state index is 12.6. The monoisotopic (exact) mass is 275 g/mol. The molecule has 1 unspecified atom stereocenters. The first kappa shape index (κ1) is 13.4. The van der Waals surface area contributed by atoms with Crippen molar-refractivity contribution in [2.75, 3.05) is 31.5 Å². The van der Waals surface area contributed by atoms with Gasteiger partial charge in [0.1, 0.15) is 5.82 Å². The Labute approximate surface area is 118 Å². The maximum Gasteiger partial charge on any atom is 0.171 e. The first-order valence-corrected chi connectivity index (χ1v) is 7.39. The van der Waals surface area contributed by atoms with Gasteiger partial charge < -0.3 is 15.2 Å². The summed E-state index contributed by atoms with van der Waals surface area (Å²) in [6, 6.07) is 0. The molecule has 1 aromatic rings. The van der Waals surface area contributed by atoms with E-state index in [2.05, 4.69) is 15.2 Å². The standard InChI is InChI=1S/C15H21N3O2/c1-10-12(9-19)17-15-13(10)14(20)11(8-16-15)4-7-18-5-2-3-6-18/h9,11,16-17H,2-8H2,1H3. The predicted molar refractivity (Wildman–Crippen MR) is 77.5 cm³/mol. The van der Waals surface area contributed by atoms with Gasteiger partial charge in [0, 0.05) is 12.5 Å². The van der Waals surface area contributed by atoms with E-state index in [1.165, 1.54) is 12.8 Å². The second kappa shape index (κ2) is 5.40. The number of H-pyrrole nitrogens is 1. The number of aromatic nitrogens is 1. The minimum atomic E-state index is 0.0251. The quantitative estimate of drug-likeness (QED) is 0.823. The zero-order chi connectivity index (χ0) is 14.1. The van der Waals surface area contributed by atoms with Crippen molar-refractivity contribution in [1.29, 1.82) is 0 Å². The van der Waals surface area contributed by atoms with E-state index < -0.39 is 0 Å². The summed E-state index contributed by atoms with van der Waals surface area (Å²) in [5, 5.41) is 3.26. The summed E-state index contributed by atoms with van der Waals surface area (Å²) >= 11 is 0. The fraction of sp³-hybridized carbons (Fsp3) is 0.600. The van der Waals surface area contributed by atoms with Crippen LogP contribution in [0.2, 0.25) is 0 Å². The Morgan fingerprint density at radius 1 is 1.35 bits per heavy atom. The normalized spacial score (nSPS) is 22.6. The van der Waals surface area contributed by atoms with E-state index >= 15 is 0 Å². The van der Waals surface area contributed by atoms with Crippen molar-refractivity contribution in [1.82, 2.24) is 9.88 Å². The minimum absolute atomic E-state index is 0.0251. The van der Waals surface area contributed by atoms with Crippen molar-refractivity contribution in [2.24, 2.45) is 5.92 Å². The number of Topliss-reactive ketones (excluding diaryl/α,β-unsaturated/α-hetero) is 1. The van der Waals surface area contributed by atoms with Gasteiger partial charge in [-0.2, -0.15) is 0 Å². The van der Waals surface area contributed by atoms with Gasteiger partial charge in [-0.05, 0) is 51.4 Å². The van der Waals surface area contributed by atoms with Gasteiger partial charge in [0.25, 0.3) is 0 Å². The van der Waals surface area contributed by atoms with E-state index in [0.29, 0.717) is 23.6 Å². The van der Waals surface area contributed by atoms with Crippen LogP contribution in [0.1, 0.15) is 45.7 Å². The Kier molecular flexibility index (Phi) is 3.61. The number of carbonyl (C=O) groups excluding carboxylic acids is 2. The van der Waals surface area contributed by atoms with Crippen molar-refractivity contribution in [3.63, 3.8) is 0 Å². The molecule has 0 radical (unpaired) electrons. The van der Waals surface area contributed by atoms with Gasteiger partial charge in [-0.1, -0.05) is 0 Å². The van der Waals surface area contributed by atoms with Gasteiger partial charge in [0.15, 0.2) is 12.1 Å². The molecule has 0 aliphatic carbocycles. The van der Waals surface area contributed by atoms with Crippen LogP contribution < -0.4 is 5.32 Å². The Morgan fingerprint density at radius 2 is 2.10 bits per heavy atom. The number of hydrogen-bond acceptors (Lipinski definition) is 4. The van der Waals surface area contributed by atoms with E-state index in [1.54, 1.807) is 0 Å². The predicted octanol–water partition coefficient (Wildman–Crippen LogP) is 1.85. The molecule has 1 fully saturated rings. The molecule has 0 spiro atoms. The van der Waals surface area contributed by atoms with Crippen LogP contribution in [0.4, 0.5) is 5.82 Å². The average molecular weight is 275 g/mol. The molecule has 3 heterocycles. The van der Waals surface area contributed by atoms with E-state index in [9.17, 15) is 9.59 Å². The lowest BCUT2D eigenvalue weighted by Crippen LogP contribution is -2.33. The summed E-state index contributed by atoms with van der Waals surface area (Å²) in [6.07, 6.45) is 4.23. The number of nitrogens with one attached hydrogen (secondary N) is 2. The number of aromatic amines is 1. The summed E-state index contributed by atoms with van der Waals surface area (Å²) in [4.78, 5) is 29.0. The summed E-state index contributed by atoms with van der Waals surface area (Å²) in [5.74, 6) is 0.920. The molecular formula is C15H21N3O2. The number of ketones is 1. The van der Waals surface area contributed by atoms with Crippen molar-refractivity contribution >= 4 is 17.9 Å². The molecule has 20 heavy (non-hydrogen) atoms. The molecule has 5 heteroatoms. The van der Waals surface area contributed by atoms with Gasteiger partial charge in [-0.3, -0.25) is 9.59 Å². The summed E-state index contributed by atoms with van der Waals surface area (Å²) in [5.41, 5.74) is 1.97. The molecule has 0 saturated carbocycles. The molecule has 0 aromatic carbocycles. The zero-order valence-corrected chi connectivity index (χ0v) is 11.9. The van der Waals surface area contributed by atoms with Crippen LogP contribution in [0.5, 0.6) is 0 Å². The third-order valence-electron chi connectivity index (χ3n) is 4.54. The smallest absolute Gasteiger partial charge is 0.171 e. The largest absolute Gasteiger partial charge is 0.370 e. The average Bonchev–Trinajstić information content (AvgIpc) is 3.06. The van der Waals surface area contributed by atoms with E-state index in [1.807, 2.05) is 6.92 Å². The molecule has 1 atom stereocenters. The van der Waals surface area contributed by atoms with Crippen LogP contribution in [0, 0.1) is 12.8 Å². The van der Waals surface area contributed by atoms with Gasteiger partial charge in [0.05, 0.1) is 11.3 Å². The van der Waals surface area contributed by atoms with Crippen LogP contribution in [0.3, 0.4) is 0 Å². The van der Waals surface area contributed by atoms with Crippen LogP contribution >= 0.6 is 0 Å². The van der Waals surface area contributed by atoms with Gasteiger partial charge in [-0.25, -0.2) is 0 Å². The van der Waals surface area contributed by atoms with Crippen LogP contribution in [0.15, 0.2) is 0 Å². The third-order valence-corrected chi connectivity index (χ3v) is 4.54. The minimum Gasteiger partial charge on any atom is -0.370 e. The molecule has 0 bridgehead atoms. The fourth-order valence-electron chi connectivity index (χ4n) is 3.27. The number of aldehydes is 1. The molecule has 1 saturated heterocycles. The number of likely N-dealkylation sites (tertiary alicyclic amines) is 1. The molecule has 2 aliphatic rings. The molecular weight excluding hydrogens is 254 g/mol. The number of rotatable bonds is 4. The number of hydrogen-bond donors (Lipinski definition) is 2. The first-order valence-electron chi connectivity index (χ1n) is 7.39. The molecule has 2 aliphatic heterocycles. The SMILES string of the molecule is Cc1c(C=O)[nH]c2c1C(=O)C(CCN1CCCC1)CN2. The lowest BCUT2D eigenvalue weighted by Gasteiger charge is -2.25. The van der Waals surface area contributed by atoms with Crippen LogP contribution in [0.25, 0.3) is 0 Å². The Bertz CT molecular complexity index is 529. The van der Waals surface area contributed by atoms with Gasteiger partial charge >= 0.3 is 0 Å². The second-order valence-electron chi connectivity index (χ2n) is 5.81. The van der Waals surface area contributed by atoms with E-state index in [-0.39, 0.29) is 11.7 Å². The summed E-state index contributed by atoms with van der Waals surface area (Å²) < 4.78 is 0. The highest BCUT2D eigenvalue weighted by Crippen LogP contribution is 2.30. The Hall–Kier alpha value is -1.62. The molecule has 0 amide bonds. The summed E-state index contributed by atoms with van der Waals surface area (Å²) in [6.45, 7) is 5.83. The Balaban J connectivity index is 1.71. The zero-order valence-electron chi connectivity index (χ0n) is 11.9. The van der Waals surface area contributed by atoms with Crippen molar-refractivity contribution in [2.45, 2.75) is 26.2 Å². The topological polar surface area (TPSA) is 65.2 Å². The number of carbonyl (C=O) groups is 2. The van der Waals surface area contributed by atoms with Crippen molar-refractivity contribution < 1.29 is 9.59 Å². The van der Waals surface area contributed by atoms with Crippen LogP contribution in [-0.4, -0.2) is 48.1 Å². The third kappa shape index (κ3) is 2.26. The fourth-order valence-corrected chi connectivity index (χ4v) is 3.27. The molecule has 1 aromatic heterocycles. The lowest BCUT2D eigenvalue weighted by molar-refractivity contribution is 0.0907. The molecule has 2 N–H and O–H groups in total. The molecule has 3 rings (SSSR count). The van der Waals surface area contributed by atoms with Gasteiger partial charge in [-0.15, -0.1) is 0 Å². The number of fused-ring (bicyclic) bond motifs is 1. The lowest BCUT2D eigenvalue weighted by atomic mass is 9.90. The maximum absolute atomic E-state index is 12.6. The highest BCUT2D eigenvalue weighted by Gasteiger charge is 2.31. The van der Waals surface area contributed by atoms with Crippen molar-refractivity contribution in [3.05, 3.63) is 16.8 Å². The highest BCUT2D eigenvalue weighted by atomic mass is 16.1. The highest BCUT2D eigenvalue weighted by molar-refractivity contribution is 6.07. The summed E-state index contributed by atoms with van der Waals surface area (Å²) in [7, 11) is 0. The molecule has 5 nitrogen and oxygen atoms in total. The van der Waals surface area contributed by atoms with Gasteiger partial charge in [0.2, 0.25) is 0 Å². The number of nitrogens with zero attached hydrogens (tertiary/aromatic N) is 1.